The lowest BCUT2D eigenvalue weighted by Gasteiger charge is -2.36. The monoisotopic (exact) mass is 426 g/mol. The predicted octanol–water partition coefficient (Wildman–Crippen LogP) is 3.55. The van der Waals surface area contributed by atoms with Crippen LogP contribution in [-0.2, 0) is 20.9 Å². The maximum atomic E-state index is 13.4. The third-order valence-corrected chi connectivity index (χ3v) is 5.76. The minimum absolute atomic E-state index is 0.00690. The van der Waals surface area contributed by atoms with E-state index in [9.17, 15) is 9.59 Å². The van der Waals surface area contributed by atoms with E-state index in [1.54, 1.807) is 9.80 Å². The smallest absolute Gasteiger partial charge is 0.268 e. The molecule has 0 aliphatic carbocycles. The molecule has 1 aromatic carbocycles. The summed E-state index contributed by atoms with van der Waals surface area (Å²) in [5, 5.41) is 0. The van der Waals surface area contributed by atoms with Gasteiger partial charge in [-0.15, -0.1) is 0 Å². The Balaban J connectivity index is 1.56. The van der Waals surface area contributed by atoms with Crippen molar-refractivity contribution in [3.63, 3.8) is 0 Å². The summed E-state index contributed by atoms with van der Waals surface area (Å²) in [7, 11) is 0. The van der Waals surface area contributed by atoms with Crippen molar-refractivity contribution in [3.8, 4) is 5.75 Å². The van der Waals surface area contributed by atoms with Crippen LogP contribution in [-0.4, -0.2) is 48.6 Å². The number of amides is 2. The van der Waals surface area contributed by atoms with Gasteiger partial charge in [0.1, 0.15) is 23.8 Å². The summed E-state index contributed by atoms with van der Waals surface area (Å²) in [6, 6.07) is 11.1. The zero-order chi connectivity index (χ0) is 22.0. The van der Waals surface area contributed by atoms with Crippen molar-refractivity contribution < 1.29 is 23.5 Å². The van der Waals surface area contributed by atoms with Crippen LogP contribution in [0.3, 0.4) is 0 Å². The first-order valence-electron chi connectivity index (χ1n) is 10.9. The summed E-state index contributed by atoms with van der Waals surface area (Å²) in [5.74, 6) is 1.81. The molecule has 2 amide bonds. The van der Waals surface area contributed by atoms with Crippen molar-refractivity contribution in [1.82, 2.24) is 4.90 Å². The predicted molar refractivity (Wildman–Crippen MR) is 116 cm³/mol. The highest BCUT2D eigenvalue weighted by molar-refractivity contribution is 6.04. The molecule has 7 nitrogen and oxygen atoms in total. The average Bonchev–Trinajstić information content (AvgIpc) is 3.40. The van der Waals surface area contributed by atoms with E-state index in [1.165, 1.54) is 0 Å². The van der Waals surface area contributed by atoms with Crippen LogP contribution >= 0.6 is 0 Å². The van der Waals surface area contributed by atoms with Crippen LogP contribution in [0.5, 0.6) is 5.75 Å². The fraction of sp³-hybridized carbons (Fsp3) is 0.500. The number of hydrogen-bond acceptors (Lipinski definition) is 5. The number of carbonyl (C=O) groups excluding carboxylic acids is 2. The number of fused-ring (bicyclic) bond motifs is 1. The molecule has 0 radical (unpaired) electrons. The first-order chi connectivity index (χ1) is 14.9. The second-order valence-corrected chi connectivity index (χ2v) is 8.60. The second-order valence-electron chi connectivity index (χ2n) is 8.60. The zero-order valence-electron chi connectivity index (χ0n) is 18.4. The maximum Gasteiger partial charge on any atom is 0.268 e. The van der Waals surface area contributed by atoms with E-state index in [0.717, 1.165) is 31.0 Å². The molecule has 3 heterocycles. The number of anilines is 1. The molecule has 2 aliphatic heterocycles. The van der Waals surface area contributed by atoms with Gasteiger partial charge in [-0.2, -0.15) is 0 Å². The highest BCUT2D eigenvalue weighted by Crippen LogP contribution is 2.35. The molecule has 1 saturated heterocycles. The van der Waals surface area contributed by atoms with Gasteiger partial charge in [-0.3, -0.25) is 14.5 Å². The van der Waals surface area contributed by atoms with Crippen LogP contribution < -0.4 is 9.64 Å². The molecular formula is C24H30N2O5. The van der Waals surface area contributed by atoms with Crippen LogP contribution in [0.2, 0.25) is 0 Å². The highest BCUT2D eigenvalue weighted by atomic mass is 16.5. The van der Waals surface area contributed by atoms with E-state index >= 15 is 0 Å². The van der Waals surface area contributed by atoms with Gasteiger partial charge in [-0.25, -0.2) is 0 Å². The Morgan fingerprint density at radius 1 is 1.23 bits per heavy atom. The SMILES string of the molecule is Cc1ccc(CN(C[C@H]2CCCO2)C(=O)CN2C(=O)[C@H](C(C)C)Oc3ccccc32)o1. The van der Waals surface area contributed by atoms with Crippen molar-refractivity contribution in [2.75, 3.05) is 24.6 Å². The van der Waals surface area contributed by atoms with E-state index in [-0.39, 0.29) is 30.4 Å². The van der Waals surface area contributed by atoms with Crippen LogP contribution in [0.4, 0.5) is 5.69 Å². The van der Waals surface area contributed by atoms with Gasteiger partial charge in [0.15, 0.2) is 6.10 Å². The summed E-state index contributed by atoms with van der Waals surface area (Å²) >= 11 is 0. The van der Waals surface area contributed by atoms with Crippen molar-refractivity contribution in [3.05, 3.63) is 47.9 Å². The van der Waals surface area contributed by atoms with Gasteiger partial charge in [0, 0.05) is 13.2 Å². The number of furan rings is 1. The molecule has 31 heavy (non-hydrogen) atoms. The Hall–Kier alpha value is -2.80. The van der Waals surface area contributed by atoms with Gasteiger partial charge >= 0.3 is 0 Å². The van der Waals surface area contributed by atoms with E-state index in [2.05, 4.69) is 0 Å². The number of hydrogen-bond donors (Lipinski definition) is 0. The molecule has 1 fully saturated rings. The Kier molecular flexibility index (Phi) is 6.32. The lowest BCUT2D eigenvalue weighted by Crippen LogP contribution is -2.52. The maximum absolute atomic E-state index is 13.4. The standard InChI is InChI=1S/C24H30N2O5/c1-16(2)23-24(28)26(20-8-4-5-9-21(20)31-23)15-22(27)25(13-18-7-6-12-29-18)14-19-11-10-17(3)30-19/h4-5,8-11,16,18,23H,6-7,12-15H2,1-3H3/t18-,23+/m1/s1. The van der Waals surface area contributed by atoms with E-state index in [0.29, 0.717) is 24.5 Å². The van der Waals surface area contributed by atoms with Crippen molar-refractivity contribution in [1.29, 1.82) is 0 Å². The molecule has 0 spiro atoms. The number of benzene rings is 1. The summed E-state index contributed by atoms with van der Waals surface area (Å²) in [6.45, 7) is 7.27. The molecule has 4 rings (SSSR count). The first kappa shape index (κ1) is 21.4. The van der Waals surface area contributed by atoms with Crippen molar-refractivity contribution in [2.45, 2.75) is 52.4 Å². The average molecular weight is 427 g/mol. The van der Waals surface area contributed by atoms with Gasteiger partial charge in [0.25, 0.3) is 5.91 Å². The summed E-state index contributed by atoms with van der Waals surface area (Å²) in [5.41, 5.74) is 0.628. The molecule has 1 aromatic heterocycles. The lowest BCUT2D eigenvalue weighted by atomic mass is 10.0. The molecule has 0 saturated carbocycles. The quantitative estimate of drug-likeness (QED) is 0.677. The lowest BCUT2D eigenvalue weighted by molar-refractivity contribution is -0.135. The van der Waals surface area contributed by atoms with E-state index in [4.69, 9.17) is 13.9 Å². The van der Waals surface area contributed by atoms with Crippen LogP contribution in [0, 0.1) is 12.8 Å². The van der Waals surface area contributed by atoms with Gasteiger partial charge < -0.3 is 18.8 Å². The van der Waals surface area contributed by atoms with Gasteiger partial charge in [0.2, 0.25) is 5.91 Å². The second kappa shape index (κ2) is 9.14. The number of nitrogens with zero attached hydrogens (tertiary/aromatic N) is 2. The summed E-state index contributed by atoms with van der Waals surface area (Å²) in [6.07, 6.45) is 1.33. The molecule has 0 unspecified atom stereocenters. The molecule has 7 heteroatoms. The topological polar surface area (TPSA) is 72.2 Å². The Morgan fingerprint density at radius 2 is 2.03 bits per heavy atom. The van der Waals surface area contributed by atoms with Gasteiger partial charge in [-0.1, -0.05) is 26.0 Å². The number of ether oxygens (including phenoxy) is 2. The van der Waals surface area contributed by atoms with Gasteiger partial charge in [-0.05, 0) is 49.9 Å². The largest absolute Gasteiger partial charge is 0.478 e. The minimum atomic E-state index is -0.609. The molecule has 0 N–H and O–H groups in total. The Labute approximate surface area is 182 Å². The fourth-order valence-corrected chi connectivity index (χ4v) is 4.11. The zero-order valence-corrected chi connectivity index (χ0v) is 18.4. The van der Waals surface area contributed by atoms with Crippen molar-refractivity contribution in [2.24, 2.45) is 5.92 Å². The summed E-state index contributed by atoms with van der Waals surface area (Å²) in [4.78, 5) is 29.9. The normalized spacial score (nSPS) is 20.6. The first-order valence-corrected chi connectivity index (χ1v) is 10.9. The molecule has 2 aromatic rings. The Morgan fingerprint density at radius 3 is 2.71 bits per heavy atom. The number of rotatable bonds is 7. The number of para-hydroxylation sites is 2. The summed E-state index contributed by atoms with van der Waals surface area (Å²) < 4.78 is 17.4. The molecule has 0 bridgehead atoms. The van der Waals surface area contributed by atoms with E-state index in [1.807, 2.05) is 57.2 Å². The van der Waals surface area contributed by atoms with E-state index < -0.39 is 6.10 Å². The van der Waals surface area contributed by atoms with Crippen molar-refractivity contribution >= 4 is 17.5 Å². The number of carbonyl (C=O) groups is 2. The van der Waals surface area contributed by atoms with Gasteiger partial charge in [0.05, 0.1) is 18.3 Å². The number of aryl methyl sites for hydroxylation is 1. The van der Waals surface area contributed by atoms with Crippen LogP contribution in [0.15, 0.2) is 40.8 Å². The third-order valence-electron chi connectivity index (χ3n) is 5.76. The molecule has 2 aliphatic rings. The third kappa shape index (κ3) is 4.77. The molecule has 166 valence electrons. The fourth-order valence-electron chi connectivity index (χ4n) is 4.11. The van der Waals surface area contributed by atoms with Crippen LogP contribution in [0.25, 0.3) is 0 Å². The molecule has 2 atom stereocenters. The Bertz CT molecular complexity index is 932. The minimum Gasteiger partial charge on any atom is -0.478 e. The van der Waals surface area contributed by atoms with Crippen LogP contribution in [0.1, 0.15) is 38.2 Å². The molecular weight excluding hydrogens is 396 g/mol. The highest BCUT2D eigenvalue weighted by Gasteiger charge is 2.38.